The first-order chi connectivity index (χ1) is 9.52. The van der Waals surface area contributed by atoms with E-state index in [1.165, 1.54) is 6.07 Å². The van der Waals surface area contributed by atoms with Crippen molar-refractivity contribution in [2.24, 2.45) is 0 Å². The van der Waals surface area contributed by atoms with Gasteiger partial charge >= 0.3 is 5.97 Å². The van der Waals surface area contributed by atoms with Crippen LogP contribution in [0.2, 0.25) is 0 Å². The number of carbonyl (C=O) groups is 1. The number of thioether (sulfide) groups is 1. The number of fused-ring (bicyclic) bond motifs is 1. The molecule has 0 unspecified atom stereocenters. The fraction of sp³-hybridized carbons (Fsp3) is 0.273. The third-order valence-corrected chi connectivity index (χ3v) is 4.02. The van der Waals surface area contributed by atoms with Crippen molar-refractivity contribution in [2.75, 3.05) is 24.2 Å². The number of aliphatic hydroxyl groups is 1. The van der Waals surface area contributed by atoms with Gasteiger partial charge in [0.1, 0.15) is 11.3 Å². The van der Waals surface area contributed by atoms with Gasteiger partial charge in [0.2, 0.25) is 0 Å². The van der Waals surface area contributed by atoms with Crippen molar-refractivity contribution in [1.29, 1.82) is 0 Å². The molecule has 9 heteroatoms. The molecule has 1 aromatic heterocycles. The first kappa shape index (κ1) is 15.1. The van der Waals surface area contributed by atoms with E-state index in [0.717, 1.165) is 11.8 Å². The lowest BCUT2D eigenvalue weighted by Gasteiger charge is -2.08. The molecule has 0 atom stereocenters. The number of carboxylic acids is 1. The molecule has 0 aliphatic carbocycles. The summed E-state index contributed by atoms with van der Waals surface area (Å²) in [4.78, 5) is 17.6. The normalized spacial score (nSPS) is 10.9. The standard InChI is InChI=1S/C11H11BrFN3O3S/c12-8-9(14-1-2-17)5(13)3-6-10(8)16-11(15-6)20-4-7(18)19/h3,14,17H,1-2,4H2,(H,15,16)(H,18,19). The summed E-state index contributed by atoms with van der Waals surface area (Å²) in [6, 6.07) is 1.28. The monoisotopic (exact) mass is 363 g/mol. The second-order valence-corrected chi connectivity index (χ2v) is 5.58. The van der Waals surface area contributed by atoms with Gasteiger partial charge in [-0.2, -0.15) is 0 Å². The molecular formula is C11H11BrFN3O3S. The number of aromatic amines is 1. The molecule has 0 aliphatic rings. The Labute approximate surface area is 125 Å². The van der Waals surface area contributed by atoms with Crippen LogP contribution in [0.25, 0.3) is 11.0 Å². The van der Waals surface area contributed by atoms with Gasteiger partial charge in [0.15, 0.2) is 5.16 Å². The predicted octanol–water partition coefficient (Wildman–Crippen LogP) is 2.05. The molecule has 0 saturated carbocycles. The van der Waals surface area contributed by atoms with Crippen molar-refractivity contribution >= 4 is 50.4 Å². The molecule has 4 N–H and O–H groups in total. The van der Waals surface area contributed by atoms with E-state index in [9.17, 15) is 9.18 Å². The maximum absolute atomic E-state index is 13.9. The van der Waals surface area contributed by atoms with Crippen LogP contribution in [-0.4, -0.2) is 45.1 Å². The van der Waals surface area contributed by atoms with Crippen LogP contribution in [0, 0.1) is 5.82 Å². The zero-order valence-electron chi connectivity index (χ0n) is 10.1. The Kier molecular flexibility index (Phi) is 4.84. The van der Waals surface area contributed by atoms with E-state index in [4.69, 9.17) is 10.2 Å². The van der Waals surface area contributed by atoms with Crippen LogP contribution < -0.4 is 5.32 Å². The molecule has 0 bridgehead atoms. The molecular weight excluding hydrogens is 353 g/mol. The first-order valence-electron chi connectivity index (χ1n) is 5.60. The number of benzene rings is 1. The minimum absolute atomic E-state index is 0.121. The average molecular weight is 364 g/mol. The Balaban J connectivity index is 2.36. The van der Waals surface area contributed by atoms with E-state index < -0.39 is 11.8 Å². The van der Waals surface area contributed by atoms with Gasteiger partial charge in [-0.05, 0) is 15.9 Å². The van der Waals surface area contributed by atoms with Gasteiger partial charge in [-0.15, -0.1) is 0 Å². The fourth-order valence-electron chi connectivity index (χ4n) is 1.60. The molecule has 2 rings (SSSR count). The summed E-state index contributed by atoms with van der Waals surface area (Å²) >= 11 is 4.29. The third kappa shape index (κ3) is 3.22. The molecule has 0 radical (unpaired) electrons. The Morgan fingerprint density at radius 2 is 2.35 bits per heavy atom. The molecule has 20 heavy (non-hydrogen) atoms. The lowest BCUT2D eigenvalue weighted by Crippen LogP contribution is -2.07. The van der Waals surface area contributed by atoms with Crippen LogP contribution in [0.15, 0.2) is 15.7 Å². The summed E-state index contributed by atoms with van der Waals surface area (Å²) in [7, 11) is 0. The van der Waals surface area contributed by atoms with Gasteiger partial charge in [-0.1, -0.05) is 11.8 Å². The zero-order valence-corrected chi connectivity index (χ0v) is 12.5. The van der Waals surface area contributed by atoms with Crippen LogP contribution in [0.3, 0.4) is 0 Å². The summed E-state index contributed by atoms with van der Waals surface area (Å²) in [6.45, 7) is 0.0935. The van der Waals surface area contributed by atoms with E-state index in [1.807, 2.05) is 0 Å². The van der Waals surface area contributed by atoms with E-state index in [-0.39, 0.29) is 24.6 Å². The molecule has 0 amide bonds. The lowest BCUT2D eigenvalue weighted by molar-refractivity contribution is -0.133. The second kappa shape index (κ2) is 6.42. The summed E-state index contributed by atoms with van der Waals surface area (Å²) in [5.74, 6) is -1.57. The van der Waals surface area contributed by atoms with Crippen molar-refractivity contribution in [1.82, 2.24) is 9.97 Å². The molecule has 2 aromatic rings. The van der Waals surface area contributed by atoms with Crippen LogP contribution in [0.4, 0.5) is 10.1 Å². The van der Waals surface area contributed by atoms with Gasteiger partial charge in [0.25, 0.3) is 0 Å². The summed E-state index contributed by atoms with van der Waals surface area (Å²) in [5.41, 5.74) is 1.18. The SMILES string of the molecule is O=C(O)CSc1nc2c(Br)c(NCCO)c(F)cc2[nH]1. The van der Waals surface area contributed by atoms with E-state index in [1.54, 1.807) is 0 Å². The Hall–Kier alpha value is -1.32. The van der Waals surface area contributed by atoms with Crippen molar-refractivity contribution in [3.63, 3.8) is 0 Å². The number of carboxylic acid groups (broad SMARTS) is 1. The van der Waals surface area contributed by atoms with Gasteiger partial charge in [-0.25, -0.2) is 9.37 Å². The Morgan fingerprint density at radius 1 is 1.60 bits per heavy atom. The van der Waals surface area contributed by atoms with Gasteiger partial charge in [0, 0.05) is 12.6 Å². The molecule has 108 valence electrons. The number of nitrogens with one attached hydrogen (secondary N) is 2. The van der Waals surface area contributed by atoms with Crippen LogP contribution in [-0.2, 0) is 4.79 Å². The highest BCUT2D eigenvalue weighted by molar-refractivity contribution is 9.10. The average Bonchev–Trinajstić information content (AvgIpc) is 2.79. The molecule has 1 aromatic carbocycles. The maximum Gasteiger partial charge on any atom is 0.313 e. The highest BCUT2D eigenvalue weighted by Gasteiger charge is 2.15. The number of hydrogen-bond acceptors (Lipinski definition) is 5. The van der Waals surface area contributed by atoms with Crippen LogP contribution in [0.5, 0.6) is 0 Å². The summed E-state index contributed by atoms with van der Waals surface area (Å²) in [6.07, 6.45) is 0. The minimum atomic E-state index is -0.953. The van der Waals surface area contributed by atoms with Gasteiger partial charge in [0.05, 0.1) is 28.0 Å². The molecule has 0 saturated heterocycles. The topological polar surface area (TPSA) is 98.2 Å². The number of hydrogen-bond donors (Lipinski definition) is 4. The van der Waals surface area contributed by atoms with Crippen LogP contribution in [0.1, 0.15) is 0 Å². The number of rotatable bonds is 6. The number of aliphatic carboxylic acids is 1. The molecule has 0 fully saturated rings. The highest BCUT2D eigenvalue weighted by Crippen LogP contribution is 2.34. The van der Waals surface area contributed by atoms with Crippen molar-refractivity contribution in [3.05, 3.63) is 16.4 Å². The molecule has 0 spiro atoms. The zero-order chi connectivity index (χ0) is 14.7. The molecule has 6 nitrogen and oxygen atoms in total. The fourth-order valence-corrected chi connectivity index (χ4v) is 2.83. The van der Waals surface area contributed by atoms with Crippen molar-refractivity contribution < 1.29 is 19.4 Å². The van der Waals surface area contributed by atoms with Crippen molar-refractivity contribution in [2.45, 2.75) is 5.16 Å². The smallest absolute Gasteiger partial charge is 0.313 e. The number of aliphatic hydroxyl groups excluding tert-OH is 1. The number of H-pyrrole nitrogens is 1. The predicted molar refractivity (Wildman–Crippen MR) is 77.7 cm³/mol. The summed E-state index contributed by atoms with van der Waals surface area (Å²) < 4.78 is 14.3. The molecule has 1 heterocycles. The minimum Gasteiger partial charge on any atom is -0.481 e. The van der Waals surface area contributed by atoms with Gasteiger partial charge < -0.3 is 20.5 Å². The van der Waals surface area contributed by atoms with Crippen LogP contribution >= 0.6 is 27.7 Å². The van der Waals surface area contributed by atoms with E-state index >= 15 is 0 Å². The first-order valence-corrected chi connectivity index (χ1v) is 7.37. The lowest BCUT2D eigenvalue weighted by atomic mass is 10.2. The number of nitrogens with zero attached hydrogens (tertiary/aromatic N) is 1. The second-order valence-electron chi connectivity index (χ2n) is 3.82. The Bertz CT molecular complexity index is 649. The highest BCUT2D eigenvalue weighted by atomic mass is 79.9. The maximum atomic E-state index is 13.9. The number of anilines is 1. The molecule has 0 aliphatic heterocycles. The van der Waals surface area contributed by atoms with Gasteiger partial charge in [-0.3, -0.25) is 4.79 Å². The number of halogens is 2. The summed E-state index contributed by atoms with van der Waals surface area (Å²) in [5, 5.41) is 20.6. The number of imidazole rings is 1. The Morgan fingerprint density at radius 3 is 3.00 bits per heavy atom. The largest absolute Gasteiger partial charge is 0.481 e. The van der Waals surface area contributed by atoms with Crippen molar-refractivity contribution in [3.8, 4) is 0 Å². The quantitative estimate of drug-likeness (QED) is 0.586. The third-order valence-electron chi connectivity index (χ3n) is 2.39. The van der Waals surface area contributed by atoms with E-state index in [2.05, 4.69) is 31.2 Å². The van der Waals surface area contributed by atoms with E-state index in [0.29, 0.717) is 20.7 Å². The number of aromatic nitrogens is 2.